The minimum atomic E-state index is -4.10. The Balaban J connectivity index is 2.27. The van der Waals surface area contributed by atoms with E-state index >= 15 is 0 Å². The molecule has 0 bridgehead atoms. The zero-order valence-corrected chi connectivity index (χ0v) is 21.9. The lowest BCUT2D eigenvalue weighted by Crippen LogP contribution is -2.31. The summed E-state index contributed by atoms with van der Waals surface area (Å²) < 4.78 is 54.6. The summed E-state index contributed by atoms with van der Waals surface area (Å²) in [5, 5.41) is 0. The molecule has 2 aromatic carbocycles. The summed E-state index contributed by atoms with van der Waals surface area (Å²) in [6, 6.07) is 15.9. The first-order valence-corrected chi connectivity index (χ1v) is 14.8. The first-order valence-electron chi connectivity index (χ1n) is 11.8. The molecule has 1 fully saturated rings. The fourth-order valence-electron chi connectivity index (χ4n) is 3.89. The van der Waals surface area contributed by atoms with Crippen molar-refractivity contribution in [2.24, 2.45) is 0 Å². The molecule has 0 unspecified atom stereocenters. The number of rotatable bonds is 10. The summed E-state index contributed by atoms with van der Waals surface area (Å²) in [7, 11) is -8.08. The highest BCUT2D eigenvalue weighted by molar-refractivity contribution is 7.89. The molecule has 0 radical (unpaired) electrons. The number of nitrogens with zero attached hydrogens (tertiary/aromatic N) is 1. The molecule has 1 saturated carbocycles. The number of sulfonamides is 1. The maximum Gasteiger partial charge on any atom is 0.386 e. The van der Waals surface area contributed by atoms with Gasteiger partial charge in [-0.3, -0.25) is 4.57 Å². The van der Waals surface area contributed by atoms with E-state index in [0.717, 1.165) is 48.8 Å². The van der Waals surface area contributed by atoms with Crippen LogP contribution in [0, 0.1) is 6.92 Å². The van der Waals surface area contributed by atoms with E-state index in [1.807, 2.05) is 37.3 Å². The highest BCUT2D eigenvalue weighted by Gasteiger charge is 2.40. The molecule has 0 saturated heterocycles. The molecule has 1 aliphatic rings. The largest absolute Gasteiger partial charge is 0.386 e. The van der Waals surface area contributed by atoms with Crippen molar-refractivity contribution in [1.82, 2.24) is 4.31 Å². The van der Waals surface area contributed by atoms with E-state index in [9.17, 15) is 13.0 Å². The molecule has 8 heteroatoms. The van der Waals surface area contributed by atoms with Gasteiger partial charge in [0.15, 0.2) is 5.44 Å². The van der Waals surface area contributed by atoms with E-state index in [0.29, 0.717) is 0 Å². The predicted molar refractivity (Wildman–Crippen MR) is 135 cm³/mol. The normalized spacial score (nSPS) is 14.5. The standard InChI is InChI=1S/C26H34NO5PS/c1-4-31-33(28,32-5-2)26(20-23-12-8-6-9-13-23)27(21-24-14-10-7-11-15-24)34(29,30)25-18-16-22(3)17-19-25/h7,10-11,14-19H,4-6,8-9,12-13,21H2,1-3H3. The van der Waals surface area contributed by atoms with Crippen molar-refractivity contribution < 1.29 is 22.0 Å². The maximum atomic E-state index is 14.1. The average Bonchev–Trinajstić information content (AvgIpc) is 2.83. The van der Waals surface area contributed by atoms with Crippen LogP contribution in [0.2, 0.25) is 0 Å². The second-order valence-electron chi connectivity index (χ2n) is 8.26. The molecule has 2 aromatic rings. The fraction of sp³-hybridized carbons (Fsp3) is 0.423. The molecular formula is C26H34NO5PS. The molecule has 0 spiro atoms. The van der Waals surface area contributed by atoms with Gasteiger partial charge in [-0.1, -0.05) is 60.2 Å². The molecule has 3 rings (SSSR count). The lowest BCUT2D eigenvalue weighted by Gasteiger charge is -2.30. The van der Waals surface area contributed by atoms with Crippen LogP contribution in [-0.4, -0.2) is 25.9 Å². The van der Waals surface area contributed by atoms with Crippen LogP contribution in [0.4, 0.5) is 0 Å². The van der Waals surface area contributed by atoms with E-state index in [2.05, 4.69) is 5.73 Å². The quantitative estimate of drug-likeness (QED) is 0.264. The first-order chi connectivity index (χ1) is 16.3. The number of hydrogen-bond donors (Lipinski definition) is 0. The summed E-state index contributed by atoms with van der Waals surface area (Å²) in [6.45, 7) is 5.54. The van der Waals surface area contributed by atoms with Gasteiger partial charge in [0, 0.05) is 0 Å². The van der Waals surface area contributed by atoms with Crippen LogP contribution in [0.1, 0.15) is 57.1 Å². The highest BCUT2D eigenvalue weighted by atomic mass is 32.2. The van der Waals surface area contributed by atoms with Crippen molar-refractivity contribution in [3.05, 3.63) is 82.5 Å². The van der Waals surface area contributed by atoms with Gasteiger partial charge in [-0.25, -0.2) is 12.7 Å². The topological polar surface area (TPSA) is 72.9 Å². The smallest absolute Gasteiger partial charge is 0.304 e. The highest BCUT2D eigenvalue weighted by Crippen LogP contribution is 2.58. The van der Waals surface area contributed by atoms with Crippen LogP contribution in [0.25, 0.3) is 0 Å². The molecule has 1 aliphatic carbocycles. The summed E-state index contributed by atoms with van der Waals surface area (Å²) in [5.41, 5.74) is 5.84. The summed E-state index contributed by atoms with van der Waals surface area (Å²) in [6.07, 6.45) is 4.67. The van der Waals surface area contributed by atoms with Gasteiger partial charge in [-0.05, 0) is 69.7 Å². The average molecular weight is 504 g/mol. The van der Waals surface area contributed by atoms with Gasteiger partial charge in [0.2, 0.25) is 0 Å². The van der Waals surface area contributed by atoms with Gasteiger partial charge >= 0.3 is 7.60 Å². The summed E-state index contributed by atoms with van der Waals surface area (Å²) in [5.74, 6) is 0. The Morgan fingerprint density at radius 3 is 2.09 bits per heavy atom. The molecule has 0 N–H and O–H groups in total. The summed E-state index contributed by atoms with van der Waals surface area (Å²) >= 11 is 0. The first kappa shape index (κ1) is 26.5. The third-order valence-corrected chi connectivity index (χ3v) is 9.58. The number of hydrogen-bond acceptors (Lipinski definition) is 5. The Morgan fingerprint density at radius 2 is 1.53 bits per heavy atom. The molecule has 0 heterocycles. The van der Waals surface area contributed by atoms with Crippen molar-refractivity contribution in [2.75, 3.05) is 13.2 Å². The predicted octanol–water partition coefficient (Wildman–Crippen LogP) is 6.78. The lowest BCUT2D eigenvalue weighted by atomic mass is 9.96. The number of benzene rings is 2. The van der Waals surface area contributed by atoms with Crippen molar-refractivity contribution in [3.63, 3.8) is 0 Å². The molecule has 0 amide bonds. The fourth-order valence-corrected chi connectivity index (χ4v) is 7.48. The second kappa shape index (κ2) is 12.0. The van der Waals surface area contributed by atoms with Gasteiger partial charge in [-0.15, -0.1) is 0 Å². The molecular weight excluding hydrogens is 469 g/mol. The molecule has 0 aromatic heterocycles. The maximum absolute atomic E-state index is 14.1. The Hall–Kier alpha value is -2.14. The van der Waals surface area contributed by atoms with E-state index in [1.54, 1.807) is 38.1 Å². The molecule has 6 nitrogen and oxygen atoms in total. The van der Waals surface area contributed by atoms with Gasteiger partial charge < -0.3 is 9.05 Å². The van der Waals surface area contributed by atoms with Crippen LogP contribution in [0.3, 0.4) is 0 Å². The minimum Gasteiger partial charge on any atom is -0.304 e. The Labute approximate surface area is 203 Å². The Morgan fingerprint density at radius 1 is 0.941 bits per heavy atom. The van der Waals surface area contributed by atoms with E-state index in [1.165, 1.54) is 4.31 Å². The van der Waals surface area contributed by atoms with E-state index in [4.69, 9.17) is 9.05 Å². The third-order valence-electron chi connectivity index (χ3n) is 5.62. The Bertz CT molecular complexity index is 1150. The van der Waals surface area contributed by atoms with E-state index in [-0.39, 0.29) is 30.1 Å². The van der Waals surface area contributed by atoms with Crippen molar-refractivity contribution in [3.8, 4) is 0 Å². The van der Waals surface area contributed by atoms with Crippen molar-refractivity contribution >= 4 is 17.6 Å². The summed E-state index contributed by atoms with van der Waals surface area (Å²) in [4.78, 5) is 0.113. The van der Waals surface area contributed by atoms with Gasteiger partial charge in [0.25, 0.3) is 10.0 Å². The van der Waals surface area contributed by atoms with Crippen molar-refractivity contribution in [1.29, 1.82) is 0 Å². The van der Waals surface area contributed by atoms with Gasteiger partial charge in [0.1, 0.15) is 0 Å². The van der Waals surface area contributed by atoms with Gasteiger partial charge in [-0.2, -0.15) is 0 Å². The zero-order chi connectivity index (χ0) is 24.6. The second-order valence-corrected chi connectivity index (χ2v) is 12.1. The van der Waals surface area contributed by atoms with Gasteiger partial charge in [0.05, 0.1) is 24.7 Å². The zero-order valence-electron chi connectivity index (χ0n) is 20.2. The van der Waals surface area contributed by atoms with E-state index < -0.39 is 17.6 Å². The van der Waals surface area contributed by atoms with Crippen LogP contribution >= 0.6 is 7.60 Å². The monoisotopic (exact) mass is 503 g/mol. The molecule has 34 heavy (non-hydrogen) atoms. The van der Waals surface area contributed by atoms with Crippen molar-refractivity contribution in [2.45, 2.75) is 64.3 Å². The van der Waals surface area contributed by atoms with Crippen LogP contribution in [-0.2, 0) is 30.2 Å². The number of allylic oxidation sites excluding steroid dienone is 1. The lowest BCUT2D eigenvalue weighted by molar-refractivity contribution is 0.220. The third kappa shape index (κ3) is 6.50. The molecule has 0 aliphatic heterocycles. The number of aryl methyl sites for hydroxylation is 1. The van der Waals surface area contributed by atoms with Crippen LogP contribution < -0.4 is 0 Å². The van der Waals surface area contributed by atoms with Crippen LogP contribution in [0.5, 0.6) is 0 Å². The molecule has 0 atom stereocenters. The Kier molecular flexibility index (Phi) is 9.35. The SMILES string of the molecule is CCOP(=O)(OCC)C(=C=C1CCCCC1)N(Cc1ccccc1)S(=O)(=O)c1ccc(C)cc1. The minimum absolute atomic E-state index is 0.0171. The van der Waals surface area contributed by atoms with Crippen LogP contribution in [0.15, 0.2) is 76.2 Å². The molecule has 184 valence electrons.